The molecule has 2 fully saturated rings. The van der Waals surface area contributed by atoms with Gasteiger partial charge in [-0.25, -0.2) is 14.4 Å². The third kappa shape index (κ3) is 4.10. The molecule has 0 spiro atoms. The predicted molar refractivity (Wildman–Crippen MR) is 108 cm³/mol. The van der Waals surface area contributed by atoms with Crippen LogP contribution in [0.1, 0.15) is 60.7 Å². The highest BCUT2D eigenvalue weighted by molar-refractivity contribution is 5.78. The summed E-state index contributed by atoms with van der Waals surface area (Å²) >= 11 is 0. The molecule has 1 saturated heterocycles. The largest absolute Gasteiger partial charge is 0.334 e. The number of rotatable bonds is 4. The highest BCUT2D eigenvalue weighted by atomic mass is 19.1. The van der Waals surface area contributed by atoms with Crippen molar-refractivity contribution in [3.05, 3.63) is 52.9 Å². The fourth-order valence-electron chi connectivity index (χ4n) is 4.64. The van der Waals surface area contributed by atoms with Crippen LogP contribution in [-0.2, 0) is 16.2 Å². The molecule has 1 aliphatic carbocycles. The SMILES string of the molecule is Cc1ncn(CC2CCC(C(=O)N3OCCC3c3cc(F)cc(C#N)c3)CC2)c1C. The molecule has 1 aliphatic heterocycles. The van der Waals surface area contributed by atoms with Gasteiger partial charge in [0.25, 0.3) is 0 Å². The van der Waals surface area contributed by atoms with Gasteiger partial charge in [-0.3, -0.25) is 9.63 Å². The van der Waals surface area contributed by atoms with Crippen LogP contribution < -0.4 is 0 Å². The Bertz CT molecular complexity index is 972. The van der Waals surface area contributed by atoms with E-state index in [0.717, 1.165) is 37.9 Å². The molecule has 0 bridgehead atoms. The second-order valence-corrected chi connectivity index (χ2v) is 8.47. The average molecular weight is 410 g/mol. The maximum absolute atomic E-state index is 13.9. The van der Waals surface area contributed by atoms with Gasteiger partial charge in [-0.15, -0.1) is 0 Å². The molecule has 1 unspecified atom stereocenters. The highest BCUT2D eigenvalue weighted by Crippen LogP contribution is 2.37. The Morgan fingerprint density at radius 1 is 1.23 bits per heavy atom. The number of halogens is 1. The van der Waals surface area contributed by atoms with Crippen LogP contribution >= 0.6 is 0 Å². The zero-order chi connectivity index (χ0) is 21.3. The maximum Gasteiger partial charge on any atom is 0.249 e. The number of aryl methyl sites for hydroxylation is 1. The van der Waals surface area contributed by atoms with Gasteiger partial charge in [0.05, 0.1) is 36.3 Å². The molecule has 0 N–H and O–H groups in total. The van der Waals surface area contributed by atoms with Crippen molar-refractivity contribution in [3.63, 3.8) is 0 Å². The van der Waals surface area contributed by atoms with E-state index in [9.17, 15) is 9.18 Å². The highest BCUT2D eigenvalue weighted by Gasteiger charge is 2.37. The number of hydroxylamine groups is 2. The molecule has 1 atom stereocenters. The fourth-order valence-corrected chi connectivity index (χ4v) is 4.64. The van der Waals surface area contributed by atoms with E-state index >= 15 is 0 Å². The molecule has 7 heteroatoms. The predicted octanol–water partition coefficient (Wildman–Crippen LogP) is 4.22. The number of benzene rings is 1. The van der Waals surface area contributed by atoms with Gasteiger partial charge in [0, 0.05) is 24.6 Å². The van der Waals surface area contributed by atoms with Gasteiger partial charge in [0.2, 0.25) is 5.91 Å². The van der Waals surface area contributed by atoms with E-state index in [-0.39, 0.29) is 23.4 Å². The molecule has 2 aromatic rings. The molecule has 1 aromatic carbocycles. The lowest BCUT2D eigenvalue weighted by Gasteiger charge is -2.32. The fraction of sp³-hybridized carbons (Fsp3) is 0.522. The van der Waals surface area contributed by atoms with Crippen LogP contribution in [0.25, 0.3) is 0 Å². The van der Waals surface area contributed by atoms with Crippen molar-refractivity contribution in [3.8, 4) is 6.07 Å². The molecule has 1 aromatic heterocycles. The van der Waals surface area contributed by atoms with Gasteiger partial charge in [-0.1, -0.05) is 0 Å². The Hall–Kier alpha value is -2.72. The Kier molecular flexibility index (Phi) is 5.87. The van der Waals surface area contributed by atoms with Gasteiger partial charge in [0.15, 0.2) is 0 Å². The van der Waals surface area contributed by atoms with Crippen molar-refractivity contribution in [1.29, 1.82) is 5.26 Å². The molecule has 2 heterocycles. The summed E-state index contributed by atoms with van der Waals surface area (Å²) in [5.41, 5.74) is 3.15. The summed E-state index contributed by atoms with van der Waals surface area (Å²) in [4.78, 5) is 23.2. The second kappa shape index (κ2) is 8.57. The minimum Gasteiger partial charge on any atom is -0.334 e. The van der Waals surface area contributed by atoms with Crippen molar-refractivity contribution in [1.82, 2.24) is 14.6 Å². The first kappa shape index (κ1) is 20.5. The lowest BCUT2D eigenvalue weighted by Crippen LogP contribution is -2.37. The summed E-state index contributed by atoms with van der Waals surface area (Å²) in [6, 6.07) is 5.89. The number of nitrogens with zero attached hydrogens (tertiary/aromatic N) is 4. The van der Waals surface area contributed by atoms with E-state index in [2.05, 4.69) is 16.5 Å². The molecule has 6 nitrogen and oxygen atoms in total. The Morgan fingerprint density at radius 3 is 2.67 bits per heavy atom. The Morgan fingerprint density at radius 2 is 2.00 bits per heavy atom. The topological polar surface area (TPSA) is 71.2 Å². The number of hydrogen-bond donors (Lipinski definition) is 0. The zero-order valence-electron chi connectivity index (χ0n) is 17.5. The smallest absolute Gasteiger partial charge is 0.249 e. The van der Waals surface area contributed by atoms with Gasteiger partial charge < -0.3 is 4.57 Å². The lowest BCUT2D eigenvalue weighted by atomic mass is 9.81. The summed E-state index contributed by atoms with van der Waals surface area (Å²) in [6.45, 7) is 5.47. The number of aromatic nitrogens is 2. The van der Waals surface area contributed by atoms with Gasteiger partial charge in [-0.2, -0.15) is 5.26 Å². The molecular formula is C23H27FN4O2. The number of imidazole rings is 1. The van der Waals surface area contributed by atoms with Crippen LogP contribution in [0.2, 0.25) is 0 Å². The normalized spacial score (nSPS) is 24.1. The van der Waals surface area contributed by atoms with Gasteiger partial charge in [-0.05, 0) is 69.2 Å². The quantitative estimate of drug-likeness (QED) is 0.757. The summed E-state index contributed by atoms with van der Waals surface area (Å²) in [7, 11) is 0. The van der Waals surface area contributed by atoms with Crippen LogP contribution in [0.15, 0.2) is 24.5 Å². The van der Waals surface area contributed by atoms with Crippen LogP contribution in [0.3, 0.4) is 0 Å². The molecule has 1 amide bonds. The summed E-state index contributed by atoms with van der Waals surface area (Å²) < 4.78 is 16.1. The molecule has 30 heavy (non-hydrogen) atoms. The first-order chi connectivity index (χ1) is 14.5. The first-order valence-electron chi connectivity index (χ1n) is 10.6. The molecule has 2 aliphatic rings. The number of carbonyl (C=O) groups excluding carboxylic acids is 1. The lowest BCUT2D eigenvalue weighted by molar-refractivity contribution is -0.183. The van der Waals surface area contributed by atoms with E-state index < -0.39 is 5.82 Å². The molecule has 0 radical (unpaired) electrons. The van der Waals surface area contributed by atoms with Crippen LogP contribution in [0.5, 0.6) is 0 Å². The molecule has 158 valence electrons. The number of nitriles is 1. The van der Waals surface area contributed by atoms with Gasteiger partial charge >= 0.3 is 0 Å². The summed E-state index contributed by atoms with van der Waals surface area (Å²) in [5.74, 6) is -0.0169. The molecule has 4 rings (SSSR count). The third-order valence-corrected chi connectivity index (χ3v) is 6.55. The standard InChI is InChI=1S/C23H27FN4O2/c1-15-16(2)27(14-26-15)13-17-3-5-19(6-4-17)23(29)28-22(7-8-30-28)20-9-18(12-25)10-21(24)11-20/h9-11,14,17,19,22H,3-8,13H2,1-2H3. The Balaban J connectivity index is 1.39. The van der Waals surface area contributed by atoms with E-state index in [0.29, 0.717) is 24.5 Å². The van der Waals surface area contributed by atoms with E-state index in [1.165, 1.54) is 22.9 Å². The molecular weight excluding hydrogens is 383 g/mol. The van der Waals surface area contributed by atoms with Crippen LogP contribution in [0.4, 0.5) is 4.39 Å². The van der Waals surface area contributed by atoms with Crippen LogP contribution in [-0.4, -0.2) is 27.1 Å². The second-order valence-electron chi connectivity index (χ2n) is 8.47. The van der Waals surface area contributed by atoms with E-state index in [1.54, 1.807) is 6.07 Å². The van der Waals surface area contributed by atoms with Crippen molar-refractivity contribution >= 4 is 5.91 Å². The summed E-state index contributed by atoms with van der Waals surface area (Å²) in [5, 5.41) is 10.6. The zero-order valence-corrected chi connectivity index (χ0v) is 17.5. The van der Waals surface area contributed by atoms with Crippen molar-refractivity contribution < 1.29 is 14.0 Å². The van der Waals surface area contributed by atoms with Crippen molar-refractivity contribution in [2.45, 2.75) is 58.5 Å². The van der Waals surface area contributed by atoms with Crippen LogP contribution in [0, 0.1) is 42.8 Å². The van der Waals surface area contributed by atoms with Gasteiger partial charge in [0.1, 0.15) is 5.82 Å². The van der Waals surface area contributed by atoms with Crippen molar-refractivity contribution in [2.24, 2.45) is 11.8 Å². The van der Waals surface area contributed by atoms with E-state index in [1.807, 2.05) is 19.3 Å². The number of hydrogen-bond acceptors (Lipinski definition) is 4. The maximum atomic E-state index is 13.9. The minimum atomic E-state index is -0.464. The number of amides is 1. The van der Waals surface area contributed by atoms with Crippen molar-refractivity contribution in [2.75, 3.05) is 6.61 Å². The third-order valence-electron chi connectivity index (χ3n) is 6.55. The number of carbonyl (C=O) groups is 1. The average Bonchev–Trinajstić information content (AvgIpc) is 3.36. The molecule has 1 saturated carbocycles. The Labute approximate surface area is 176 Å². The first-order valence-corrected chi connectivity index (χ1v) is 10.6. The van der Waals surface area contributed by atoms with E-state index in [4.69, 9.17) is 10.1 Å². The minimum absolute atomic E-state index is 0.0200. The monoisotopic (exact) mass is 410 g/mol. The summed E-state index contributed by atoms with van der Waals surface area (Å²) in [6.07, 6.45) is 6.15.